The number of carbonyl (C=O) groups excluding carboxylic acids is 1. The number of hydrogen-bond acceptors (Lipinski definition) is 2. The molecular formula is C19H25N3O. The van der Waals surface area contributed by atoms with Crippen molar-refractivity contribution in [3.63, 3.8) is 0 Å². The van der Waals surface area contributed by atoms with Gasteiger partial charge < -0.3 is 9.88 Å². The molecule has 4 nitrogen and oxygen atoms in total. The molecule has 0 aliphatic heterocycles. The van der Waals surface area contributed by atoms with E-state index in [0.717, 1.165) is 24.2 Å². The zero-order valence-electron chi connectivity index (χ0n) is 13.9. The predicted molar refractivity (Wildman–Crippen MR) is 91.9 cm³/mol. The second-order valence-electron chi connectivity index (χ2n) is 6.68. The second kappa shape index (κ2) is 6.99. The highest BCUT2D eigenvalue weighted by Gasteiger charge is 2.24. The van der Waals surface area contributed by atoms with Gasteiger partial charge in [0.2, 0.25) is 5.91 Å². The first-order chi connectivity index (χ1) is 11.1. The molecule has 1 aliphatic carbocycles. The molecule has 1 aliphatic rings. The summed E-state index contributed by atoms with van der Waals surface area (Å²) in [6, 6.07) is 10.1. The van der Waals surface area contributed by atoms with Crippen LogP contribution in [-0.4, -0.2) is 21.5 Å². The van der Waals surface area contributed by atoms with Gasteiger partial charge >= 0.3 is 0 Å². The summed E-state index contributed by atoms with van der Waals surface area (Å²) in [7, 11) is 0. The van der Waals surface area contributed by atoms with Gasteiger partial charge in [-0.05, 0) is 25.7 Å². The Hall–Kier alpha value is -2.10. The van der Waals surface area contributed by atoms with Gasteiger partial charge in [0.1, 0.15) is 11.9 Å². The van der Waals surface area contributed by atoms with Crippen molar-refractivity contribution in [2.24, 2.45) is 5.92 Å². The quantitative estimate of drug-likeness (QED) is 0.933. The highest BCUT2D eigenvalue weighted by molar-refractivity contribution is 5.81. The summed E-state index contributed by atoms with van der Waals surface area (Å²) in [5.41, 5.74) is 1.03. The first kappa shape index (κ1) is 15.8. The molecule has 1 aromatic heterocycles. The smallest absolute Gasteiger partial charge is 0.243 e. The Morgan fingerprint density at radius 1 is 1.30 bits per heavy atom. The number of carbonyl (C=O) groups is 1. The number of aromatic nitrogens is 2. The van der Waals surface area contributed by atoms with E-state index in [-0.39, 0.29) is 11.9 Å². The molecule has 1 heterocycles. The van der Waals surface area contributed by atoms with E-state index in [9.17, 15) is 4.79 Å². The molecule has 3 rings (SSSR count). The van der Waals surface area contributed by atoms with Crippen LogP contribution in [0.15, 0.2) is 42.7 Å². The summed E-state index contributed by atoms with van der Waals surface area (Å²) in [6.45, 7) is 4.21. The number of nitrogens with one attached hydrogen (secondary N) is 1. The Morgan fingerprint density at radius 3 is 2.83 bits per heavy atom. The molecule has 122 valence electrons. The van der Waals surface area contributed by atoms with E-state index in [0.29, 0.717) is 12.0 Å². The highest BCUT2D eigenvalue weighted by atomic mass is 16.2. The molecule has 1 saturated carbocycles. The van der Waals surface area contributed by atoms with Crippen LogP contribution in [0.25, 0.3) is 11.4 Å². The maximum atomic E-state index is 12.6. The lowest BCUT2D eigenvalue weighted by Gasteiger charge is -2.29. The van der Waals surface area contributed by atoms with Crippen molar-refractivity contribution in [1.29, 1.82) is 0 Å². The normalized spacial score (nSPS) is 22.5. The fraction of sp³-hybridized carbons (Fsp3) is 0.474. The third kappa shape index (κ3) is 3.63. The monoisotopic (exact) mass is 311 g/mol. The first-order valence-corrected chi connectivity index (χ1v) is 8.53. The minimum Gasteiger partial charge on any atom is -0.352 e. The molecule has 1 fully saturated rings. The molecule has 0 radical (unpaired) electrons. The fourth-order valence-electron chi connectivity index (χ4n) is 3.45. The van der Waals surface area contributed by atoms with Gasteiger partial charge in [-0.15, -0.1) is 0 Å². The minimum absolute atomic E-state index is 0.0827. The molecule has 0 spiro atoms. The third-order valence-corrected chi connectivity index (χ3v) is 4.78. The molecule has 0 saturated heterocycles. The van der Waals surface area contributed by atoms with Crippen LogP contribution >= 0.6 is 0 Å². The topological polar surface area (TPSA) is 46.9 Å². The van der Waals surface area contributed by atoms with Crippen LogP contribution in [0.3, 0.4) is 0 Å². The van der Waals surface area contributed by atoms with Crippen LogP contribution in [-0.2, 0) is 4.79 Å². The van der Waals surface area contributed by atoms with Crippen LogP contribution in [0.2, 0.25) is 0 Å². The van der Waals surface area contributed by atoms with Gasteiger partial charge in [0.15, 0.2) is 0 Å². The van der Waals surface area contributed by atoms with Crippen LogP contribution < -0.4 is 5.32 Å². The van der Waals surface area contributed by atoms with Crippen molar-refractivity contribution < 1.29 is 4.79 Å². The third-order valence-electron chi connectivity index (χ3n) is 4.78. The van der Waals surface area contributed by atoms with E-state index in [1.54, 1.807) is 6.20 Å². The van der Waals surface area contributed by atoms with E-state index < -0.39 is 0 Å². The average molecular weight is 311 g/mol. The van der Waals surface area contributed by atoms with Crippen LogP contribution in [0.5, 0.6) is 0 Å². The molecule has 0 unspecified atom stereocenters. The first-order valence-electron chi connectivity index (χ1n) is 8.53. The van der Waals surface area contributed by atoms with Crippen molar-refractivity contribution in [2.75, 3.05) is 0 Å². The second-order valence-corrected chi connectivity index (χ2v) is 6.68. The zero-order chi connectivity index (χ0) is 16.2. The Bertz CT molecular complexity index is 650. The van der Waals surface area contributed by atoms with Crippen molar-refractivity contribution in [3.05, 3.63) is 42.7 Å². The highest BCUT2D eigenvalue weighted by Crippen LogP contribution is 2.25. The lowest BCUT2D eigenvalue weighted by molar-refractivity contribution is -0.124. The SMILES string of the molecule is C[C@@H]1CCC[C@@H](NC(=O)[C@H](C)n2ccnc2-c2ccccc2)C1. The van der Waals surface area contributed by atoms with Crippen molar-refractivity contribution in [2.45, 2.75) is 51.6 Å². The van der Waals surface area contributed by atoms with Gasteiger partial charge in [0.05, 0.1) is 0 Å². The van der Waals surface area contributed by atoms with Crippen LogP contribution in [0.1, 0.15) is 45.6 Å². The number of hydrogen-bond donors (Lipinski definition) is 1. The summed E-state index contributed by atoms with van der Waals surface area (Å²) < 4.78 is 1.96. The number of benzene rings is 1. The van der Waals surface area contributed by atoms with Crippen molar-refractivity contribution in [3.8, 4) is 11.4 Å². The number of imidazole rings is 1. The molecule has 1 N–H and O–H groups in total. The number of amides is 1. The fourth-order valence-corrected chi connectivity index (χ4v) is 3.45. The zero-order valence-corrected chi connectivity index (χ0v) is 13.9. The van der Waals surface area contributed by atoms with E-state index >= 15 is 0 Å². The Balaban J connectivity index is 1.72. The number of rotatable bonds is 4. The Kier molecular flexibility index (Phi) is 4.79. The average Bonchev–Trinajstić information content (AvgIpc) is 3.04. The number of nitrogens with zero attached hydrogens (tertiary/aromatic N) is 2. The van der Waals surface area contributed by atoms with E-state index in [1.807, 2.05) is 48.0 Å². The summed E-state index contributed by atoms with van der Waals surface area (Å²) in [5, 5.41) is 3.23. The van der Waals surface area contributed by atoms with Gasteiger partial charge in [-0.2, -0.15) is 0 Å². The van der Waals surface area contributed by atoms with Gasteiger partial charge in [0, 0.05) is 24.0 Å². The van der Waals surface area contributed by atoms with Crippen LogP contribution in [0, 0.1) is 5.92 Å². The summed E-state index contributed by atoms with van der Waals surface area (Å²) in [6.07, 6.45) is 8.32. The van der Waals surface area contributed by atoms with Crippen LogP contribution in [0.4, 0.5) is 0 Å². The van der Waals surface area contributed by atoms with E-state index in [4.69, 9.17) is 0 Å². The Labute approximate surface area is 137 Å². The van der Waals surface area contributed by atoms with Gasteiger partial charge in [-0.25, -0.2) is 4.98 Å². The van der Waals surface area contributed by atoms with Crippen molar-refractivity contribution >= 4 is 5.91 Å². The summed E-state index contributed by atoms with van der Waals surface area (Å²) in [5.74, 6) is 1.63. The molecule has 0 bridgehead atoms. The molecule has 23 heavy (non-hydrogen) atoms. The summed E-state index contributed by atoms with van der Waals surface area (Å²) in [4.78, 5) is 17.1. The summed E-state index contributed by atoms with van der Waals surface area (Å²) >= 11 is 0. The van der Waals surface area contributed by atoms with Crippen molar-refractivity contribution in [1.82, 2.24) is 14.9 Å². The molecule has 2 aromatic rings. The van der Waals surface area contributed by atoms with E-state index in [1.165, 1.54) is 12.8 Å². The van der Waals surface area contributed by atoms with E-state index in [2.05, 4.69) is 17.2 Å². The molecular weight excluding hydrogens is 286 g/mol. The molecule has 3 atom stereocenters. The lowest BCUT2D eigenvalue weighted by atomic mass is 9.87. The standard InChI is InChI=1S/C19H25N3O/c1-14-7-6-10-17(13-14)21-19(23)15(2)22-12-11-20-18(22)16-8-4-3-5-9-16/h3-5,8-9,11-12,14-15,17H,6-7,10,13H2,1-2H3,(H,21,23)/t14-,15+,17-/m1/s1. The van der Waals surface area contributed by atoms with Gasteiger partial charge in [0.25, 0.3) is 0 Å². The Morgan fingerprint density at radius 2 is 2.09 bits per heavy atom. The predicted octanol–water partition coefficient (Wildman–Crippen LogP) is 3.81. The maximum absolute atomic E-state index is 12.6. The molecule has 4 heteroatoms. The lowest BCUT2D eigenvalue weighted by Crippen LogP contribution is -2.41. The van der Waals surface area contributed by atoms with Gasteiger partial charge in [-0.3, -0.25) is 4.79 Å². The largest absolute Gasteiger partial charge is 0.352 e. The van der Waals surface area contributed by atoms with Gasteiger partial charge in [-0.1, -0.05) is 50.1 Å². The maximum Gasteiger partial charge on any atom is 0.243 e. The molecule has 1 amide bonds. The molecule has 1 aromatic carbocycles. The minimum atomic E-state index is -0.259.